The van der Waals surface area contributed by atoms with Gasteiger partial charge in [-0.2, -0.15) is 0 Å². The van der Waals surface area contributed by atoms with Gasteiger partial charge in [-0.3, -0.25) is 4.79 Å². The van der Waals surface area contributed by atoms with Crippen LogP contribution in [0.5, 0.6) is 0 Å². The van der Waals surface area contributed by atoms with Gasteiger partial charge in [0.15, 0.2) is 0 Å². The van der Waals surface area contributed by atoms with Crippen molar-refractivity contribution < 1.29 is 13.6 Å². The number of hydrogen-bond donors (Lipinski definition) is 2. The van der Waals surface area contributed by atoms with Crippen molar-refractivity contribution in [3.8, 4) is 0 Å². The highest BCUT2D eigenvalue weighted by Crippen LogP contribution is 2.22. The summed E-state index contributed by atoms with van der Waals surface area (Å²) in [6, 6.07) is 8.20. The van der Waals surface area contributed by atoms with Gasteiger partial charge in [-0.15, -0.1) is 0 Å². The maximum absolute atomic E-state index is 13.5. The summed E-state index contributed by atoms with van der Waals surface area (Å²) in [5, 5.41) is 2.45. The quantitative estimate of drug-likeness (QED) is 0.817. The Bertz CT molecular complexity index is 621. The van der Waals surface area contributed by atoms with Crippen LogP contribution < -0.4 is 11.1 Å². The molecule has 2 aromatic carbocycles. The molecule has 2 rings (SSSR count). The molecule has 0 saturated heterocycles. The van der Waals surface area contributed by atoms with Crippen LogP contribution >= 0.6 is 0 Å². The molecular weight excluding hydrogens is 250 g/mol. The van der Waals surface area contributed by atoms with Crippen LogP contribution in [-0.2, 0) is 0 Å². The molecule has 98 valence electrons. The van der Waals surface area contributed by atoms with Gasteiger partial charge in [-0.25, -0.2) is 8.78 Å². The number of rotatable bonds is 2. The number of amides is 1. The van der Waals surface area contributed by atoms with Crippen molar-refractivity contribution in [2.24, 2.45) is 0 Å². The molecule has 0 spiro atoms. The highest BCUT2D eigenvalue weighted by molar-refractivity contribution is 6.05. The van der Waals surface area contributed by atoms with E-state index >= 15 is 0 Å². The topological polar surface area (TPSA) is 55.1 Å². The smallest absolute Gasteiger partial charge is 0.261 e. The Kier molecular flexibility index (Phi) is 3.46. The van der Waals surface area contributed by atoms with Crippen molar-refractivity contribution in [2.75, 3.05) is 11.1 Å². The summed E-state index contributed by atoms with van der Waals surface area (Å²) in [5.74, 6) is -2.65. The fourth-order valence-corrected chi connectivity index (χ4v) is 1.69. The number of nitrogen functional groups attached to an aromatic ring is 1. The van der Waals surface area contributed by atoms with Gasteiger partial charge in [0.25, 0.3) is 5.91 Å². The summed E-state index contributed by atoms with van der Waals surface area (Å²) in [4.78, 5) is 11.9. The Morgan fingerprint density at radius 3 is 2.32 bits per heavy atom. The Balaban J connectivity index is 2.34. The molecule has 0 radical (unpaired) electrons. The van der Waals surface area contributed by atoms with Crippen molar-refractivity contribution in [2.45, 2.75) is 6.92 Å². The number of benzene rings is 2. The first-order chi connectivity index (χ1) is 9.00. The molecule has 0 saturated carbocycles. The van der Waals surface area contributed by atoms with Gasteiger partial charge in [-0.1, -0.05) is 12.1 Å². The molecular formula is C14H12F2N2O. The number of halogens is 2. The van der Waals surface area contributed by atoms with Gasteiger partial charge in [0.05, 0.1) is 0 Å². The van der Waals surface area contributed by atoms with E-state index in [0.29, 0.717) is 16.9 Å². The van der Waals surface area contributed by atoms with E-state index in [1.165, 1.54) is 6.07 Å². The summed E-state index contributed by atoms with van der Waals surface area (Å²) in [5.41, 5.74) is 6.65. The maximum atomic E-state index is 13.5. The largest absolute Gasteiger partial charge is 0.398 e. The number of carbonyl (C=O) groups excluding carboxylic acids is 1. The third-order valence-corrected chi connectivity index (χ3v) is 2.81. The standard InChI is InChI=1S/C14H12F2N2O/c1-8-11(17)6-3-7-12(8)18-14(19)13-9(15)4-2-5-10(13)16/h2-7H,17H2,1H3,(H,18,19). The van der Waals surface area contributed by atoms with E-state index in [4.69, 9.17) is 5.73 Å². The minimum Gasteiger partial charge on any atom is -0.398 e. The van der Waals surface area contributed by atoms with E-state index in [1.54, 1.807) is 25.1 Å². The highest BCUT2D eigenvalue weighted by atomic mass is 19.1. The number of carbonyl (C=O) groups is 1. The lowest BCUT2D eigenvalue weighted by Crippen LogP contribution is -2.16. The first-order valence-electron chi connectivity index (χ1n) is 5.61. The van der Waals surface area contributed by atoms with Crippen LogP contribution in [0.4, 0.5) is 20.2 Å². The Hall–Kier alpha value is -2.43. The summed E-state index contributed by atoms with van der Waals surface area (Å²) < 4.78 is 26.9. The van der Waals surface area contributed by atoms with E-state index in [1.807, 2.05) is 0 Å². The third-order valence-electron chi connectivity index (χ3n) is 2.81. The molecule has 5 heteroatoms. The second kappa shape index (κ2) is 5.06. The first-order valence-corrected chi connectivity index (χ1v) is 5.61. The van der Waals surface area contributed by atoms with Crippen LogP contribution in [0.1, 0.15) is 15.9 Å². The van der Waals surface area contributed by atoms with Crippen LogP contribution in [0.15, 0.2) is 36.4 Å². The summed E-state index contributed by atoms with van der Waals surface area (Å²) in [7, 11) is 0. The van der Waals surface area contributed by atoms with Gasteiger partial charge in [0, 0.05) is 11.4 Å². The van der Waals surface area contributed by atoms with Crippen molar-refractivity contribution in [3.05, 3.63) is 59.2 Å². The fraction of sp³-hybridized carbons (Fsp3) is 0.0714. The van der Waals surface area contributed by atoms with E-state index in [-0.39, 0.29) is 0 Å². The van der Waals surface area contributed by atoms with E-state index in [9.17, 15) is 13.6 Å². The number of hydrogen-bond acceptors (Lipinski definition) is 2. The van der Waals surface area contributed by atoms with Crippen molar-refractivity contribution >= 4 is 17.3 Å². The second-order valence-corrected chi connectivity index (χ2v) is 4.07. The maximum Gasteiger partial charge on any atom is 0.261 e. The van der Waals surface area contributed by atoms with Gasteiger partial charge in [0.1, 0.15) is 17.2 Å². The Labute approximate surface area is 109 Å². The average molecular weight is 262 g/mol. The van der Waals surface area contributed by atoms with Crippen molar-refractivity contribution in [3.63, 3.8) is 0 Å². The Morgan fingerprint density at radius 2 is 1.68 bits per heavy atom. The highest BCUT2D eigenvalue weighted by Gasteiger charge is 2.17. The van der Waals surface area contributed by atoms with Gasteiger partial charge >= 0.3 is 0 Å². The zero-order chi connectivity index (χ0) is 14.0. The SMILES string of the molecule is Cc1c(N)cccc1NC(=O)c1c(F)cccc1F. The molecule has 2 aromatic rings. The molecule has 3 nitrogen and oxygen atoms in total. The van der Waals surface area contributed by atoms with Crippen LogP contribution in [0.3, 0.4) is 0 Å². The molecule has 0 aliphatic rings. The number of nitrogens with one attached hydrogen (secondary N) is 1. The summed E-state index contributed by atoms with van der Waals surface area (Å²) >= 11 is 0. The zero-order valence-electron chi connectivity index (χ0n) is 10.2. The molecule has 3 N–H and O–H groups in total. The van der Waals surface area contributed by atoms with E-state index < -0.39 is 23.1 Å². The molecule has 0 unspecified atom stereocenters. The molecule has 0 aliphatic carbocycles. The molecule has 19 heavy (non-hydrogen) atoms. The van der Waals surface area contributed by atoms with Crippen LogP contribution in [0.25, 0.3) is 0 Å². The van der Waals surface area contributed by atoms with Crippen molar-refractivity contribution in [1.29, 1.82) is 0 Å². The molecule has 0 aliphatic heterocycles. The molecule has 0 fully saturated rings. The van der Waals surface area contributed by atoms with E-state index in [0.717, 1.165) is 12.1 Å². The molecule has 0 bridgehead atoms. The minimum absolute atomic E-state index is 0.424. The molecule has 0 heterocycles. The molecule has 0 atom stereocenters. The van der Waals surface area contributed by atoms with E-state index in [2.05, 4.69) is 5.32 Å². The lowest BCUT2D eigenvalue weighted by molar-refractivity contribution is 0.101. The van der Waals surface area contributed by atoms with Crippen molar-refractivity contribution in [1.82, 2.24) is 0 Å². The first kappa shape index (κ1) is 13.0. The Morgan fingerprint density at radius 1 is 1.11 bits per heavy atom. The number of anilines is 2. The minimum atomic E-state index is -0.904. The predicted octanol–water partition coefficient (Wildman–Crippen LogP) is 3.11. The van der Waals surface area contributed by atoms with Gasteiger partial charge in [0.2, 0.25) is 0 Å². The lowest BCUT2D eigenvalue weighted by atomic mass is 10.1. The third kappa shape index (κ3) is 2.54. The lowest BCUT2D eigenvalue weighted by Gasteiger charge is -2.11. The molecule has 1 amide bonds. The van der Waals surface area contributed by atoms with Crippen LogP contribution in [0.2, 0.25) is 0 Å². The molecule has 0 aromatic heterocycles. The number of nitrogens with two attached hydrogens (primary N) is 1. The van der Waals surface area contributed by atoms with Crippen LogP contribution in [0, 0.1) is 18.6 Å². The zero-order valence-corrected chi connectivity index (χ0v) is 10.2. The fourth-order valence-electron chi connectivity index (χ4n) is 1.69. The van der Waals surface area contributed by atoms with Crippen LogP contribution in [-0.4, -0.2) is 5.91 Å². The second-order valence-electron chi connectivity index (χ2n) is 4.07. The average Bonchev–Trinajstić information content (AvgIpc) is 2.35. The van der Waals surface area contributed by atoms with Gasteiger partial charge in [-0.05, 0) is 36.8 Å². The summed E-state index contributed by atoms with van der Waals surface area (Å²) in [6.07, 6.45) is 0. The summed E-state index contributed by atoms with van der Waals surface area (Å²) in [6.45, 7) is 1.71. The van der Waals surface area contributed by atoms with Gasteiger partial charge < -0.3 is 11.1 Å². The predicted molar refractivity (Wildman–Crippen MR) is 69.9 cm³/mol. The normalized spacial score (nSPS) is 10.3. The monoisotopic (exact) mass is 262 g/mol.